The normalized spacial score (nSPS) is 12.8. The van der Waals surface area contributed by atoms with E-state index in [0.717, 1.165) is 18.4 Å². The van der Waals surface area contributed by atoms with Gasteiger partial charge in [0, 0.05) is 19.1 Å². The van der Waals surface area contributed by atoms with Crippen molar-refractivity contribution in [2.24, 2.45) is 5.73 Å². The van der Waals surface area contributed by atoms with Gasteiger partial charge in [-0.2, -0.15) is 4.31 Å². The largest absolute Gasteiger partial charge is 0.329 e. The molecule has 0 saturated carbocycles. The number of benzene rings is 1. The lowest BCUT2D eigenvalue weighted by atomic mass is 9.93. The highest BCUT2D eigenvalue weighted by molar-refractivity contribution is 7.89. The van der Waals surface area contributed by atoms with Crippen molar-refractivity contribution in [2.45, 2.75) is 38.6 Å². The zero-order valence-corrected chi connectivity index (χ0v) is 13.5. The summed E-state index contributed by atoms with van der Waals surface area (Å²) < 4.78 is 26.5. The van der Waals surface area contributed by atoms with Gasteiger partial charge in [-0.3, -0.25) is 0 Å². The molecule has 0 saturated heterocycles. The summed E-state index contributed by atoms with van der Waals surface area (Å²) in [6.45, 7) is 4.32. The third-order valence-corrected chi connectivity index (χ3v) is 6.21. The summed E-state index contributed by atoms with van der Waals surface area (Å²) >= 11 is 0. The highest BCUT2D eigenvalue weighted by Crippen LogP contribution is 2.24. The van der Waals surface area contributed by atoms with Gasteiger partial charge in [0.05, 0.1) is 5.75 Å². The standard InChI is InChI=1S/C15H26N2O2S/c1-4-15(5-2,13-16)17(3)20(18,19)12-11-14-9-7-6-8-10-14/h6-10H,4-5,11-13,16H2,1-3H3. The summed E-state index contributed by atoms with van der Waals surface area (Å²) in [7, 11) is -1.65. The van der Waals surface area contributed by atoms with Gasteiger partial charge in [-0.1, -0.05) is 44.2 Å². The molecule has 0 aromatic heterocycles. The molecule has 4 nitrogen and oxygen atoms in total. The maximum absolute atomic E-state index is 12.5. The maximum atomic E-state index is 12.5. The fraction of sp³-hybridized carbons (Fsp3) is 0.600. The summed E-state index contributed by atoms with van der Waals surface area (Å²) in [6.07, 6.45) is 1.98. The number of nitrogens with two attached hydrogens (primary N) is 1. The molecule has 0 radical (unpaired) electrons. The van der Waals surface area contributed by atoms with Gasteiger partial charge in [-0.15, -0.1) is 0 Å². The van der Waals surface area contributed by atoms with Gasteiger partial charge in [-0.05, 0) is 24.8 Å². The average molecular weight is 298 g/mol. The Balaban J connectivity index is 2.82. The van der Waals surface area contributed by atoms with Crippen LogP contribution in [0.1, 0.15) is 32.3 Å². The Bertz CT molecular complexity index is 488. The molecule has 0 unspecified atom stereocenters. The summed E-state index contributed by atoms with van der Waals surface area (Å²) in [5.41, 5.74) is 6.40. The van der Waals surface area contributed by atoms with Crippen LogP contribution in [0.15, 0.2) is 30.3 Å². The number of nitrogens with zero attached hydrogens (tertiary/aromatic N) is 1. The third kappa shape index (κ3) is 3.81. The minimum atomic E-state index is -3.30. The molecular formula is C15H26N2O2S. The Morgan fingerprint density at radius 2 is 1.70 bits per heavy atom. The van der Waals surface area contributed by atoms with Gasteiger partial charge in [0.1, 0.15) is 0 Å². The third-order valence-electron chi connectivity index (χ3n) is 4.27. The zero-order chi connectivity index (χ0) is 15.2. The second kappa shape index (κ2) is 7.20. The lowest BCUT2D eigenvalue weighted by Gasteiger charge is -2.39. The second-order valence-electron chi connectivity index (χ2n) is 5.15. The van der Waals surface area contributed by atoms with Crippen LogP contribution in [0.3, 0.4) is 0 Å². The number of hydrogen-bond acceptors (Lipinski definition) is 3. The number of likely N-dealkylation sites (N-methyl/N-ethyl adjacent to an activating group) is 1. The fourth-order valence-corrected chi connectivity index (χ4v) is 4.13. The molecule has 0 heterocycles. The molecule has 0 atom stereocenters. The van der Waals surface area contributed by atoms with E-state index >= 15 is 0 Å². The number of rotatable bonds is 8. The number of sulfonamides is 1. The van der Waals surface area contributed by atoms with Crippen molar-refractivity contribution in [3.05, 3.63) is 35.9 Å². The van der Waals surface area contributed by atoms with Crippen LogP contribution in [0, 0.1) is 0 Å². The molecule has 114 valence electrons. The predicted octanol–water partition coefficient (Wildman–Crippen LogP) is 2.01. The van der Waals surface area contributed by atoms with Gasteiger partial charge < -0.3 is 5.73 Å². The Hall–Kier alpha value is -0.910. The van der Waals surface area contributed by atoms with E-state index in [1.807, 2.05) is 44.2 Å². The molecule has 0 aliphatic carbocycles. The SMILES string of the molecule is CCC(CC)(CN)N(C)S(=O)(=O)CCc1ccccc1. The van der Waals surface area contributed by atoms with E-state index in [9.17, 15) is 8.42 Å². The average Bonchev–Trinajstić information content (AvgIpc) is 2.48. The van der Waals surface area contributed by atoms with Crippen LogP contribution in [-0.4, -0.2) is 37.6 Å². The van der Waals surface area contributed by atoms with Crippen molar-refractivity contribution in [3.8, 4) is 0 Å². The van der Waals surface area contributed by atoms with Gasteiger partial charge in [0.2, 0.25) is 10.0 Å². The van der Waals surface area contributed by atoms with E-state index in [1.165, 1.54) is 4.31 Å². The Kier molecular flexibility index (Phi) is 6.17. The molecule has 1 aromatic carbocycles. The minimum Gasteiger partial charge on any atom is -0.329 e. The molecule has 0 bridgehead atoms. The van der Waals surface area contributed by atoms with Crippen LogP contribution in [0.25, 0.3) is 0 Å². The first kappa shape index (κ1) is 17.1. The number of hydrogen-bond donors (Lipinski definition) is 1. The van der Waals surface area contributed by atoms with Crippen molar-refractivity contribution >= 4 is 10.0 Å². The van der Waals surface area contributed by atoms with Gasteiger partial charge in [0.15, 0.2) is 0 Å². The Labute approximate surface area is 123 Å². The molecule has 0 fully saturated rings. The van der Waals surface area contributed by atoms with Crippen molar-refractivity contribution < 1.29 is 8.42 Å². The van der Waals surface area contributed by atoms with Crippen LogP contribution in [0.5, 0.6) is 0 Å². The van der Waals surface area contributed by atoms with Crippen LogP contribution < -0.4 is 5.73 Å². The molecule has 0 aliphatic heterocycles. The van der Waals surface area contributed by atoms with Gasteiger partial charge in [0.25, 0.3) is 0 Å². The zero-order valence-electron chi connectivity index (χ0n) is 12.7. The molecule has 5 heteroatoms. The van der Waals surface area contributed by atoms with E-state index in [2.05, 4.69) is 0 Å². The Morgan fingerprint density at radius 1 is 1.15 bits per heavy atom. The Morgan fingerprint density at radius 3 is 2.15 bits per heavy atom. The molecular weight excluding hydrogens is 272 g/mol. The first-order valence-corrected chi connectivity index (χ1v) is 8.73. The molecule has 20 heavy (non-hydrogen) atoms. The molecule has 0 amide bonds. The number of aryl methyl sites for hydroxylation is 1. The highest BCUT2D eigenvalue weighted by atomic mass is 32.2. The summed E-state index contributed by atoms with van der Waals surface area (Å²) in [5.74, 6) is 0.120. The van der Waals surface area contributed by atoms with E-state index < -0.39 is 15.6 Å². The predicted molar refractivity (Wildman–Crippen MR) is 84.1 cm³/mol. The first-order chi connectivity index (χ1) is 9.41. The van der Waals surface area contributed by atoms with E-state index in [0.29, 0.717) is 13.0 Å². The van der Waals surface area contributed by atoms with Crippen molar-refractivity contribution in [1.82, 2.24) is 4.31 Å². The second-order valence-corrected chi connectivity index (χ2v) is 7.27. The molecule has 1 rings (SSSR count). The van der Waals surface area contributed by atoms with Crippen molar-refractivity contribution in [3.63, 3.8) is 0 Å². The topological polar surface area (TPSA) is 63.4 Å². The monoisotopic (exact) mass is 298 g/mol. The smallest absolute Gasteiger partial charge is 0.214 e. The van der Waals surface area contributed by atoms with E-state index in [1.54, 1.807) is 7.05 Å². The summed E-state index contributed by atoms with van der Waals surface area (Å²) in [5, 5.41) is 0. The fourth-order valence-electron chi connectivity index (χ4n) is 2.44. The quantitative estimate of drug-likeness (QED) is 0.798. The molecule has 1 aromatic rings. The van der Waals surface area contributed by atoms with E-state index in [-0.39, 0.29) is 5.75 Å². The van der Waals surface area contributed by atoms with Crippen molar-refractivity contribution in [2.75, 3.05) is 19.3 Å². The lowest BCUT2D eigenvalue weighted by Crippen LogP contribution is -2.54. The highest BCUT2D eigenvalue weighted by Gasteiger charge is 2.36. The van der Waals surface area contributed by atoms with Crippen LogP contribution >= 0.6 is 0 Å². The molecule has 0 spiro atoms. The molecule has 0 aliphatic rings. The van der Waals surface area contributed by atoms with E-state index in [4.69, 9.17) is 5.73 Å². The summed E-state index contributed by atoms with van der Waals surface area (Å²) in [4.78, 5) is 0. The van der Waals surface area contributed by atoms with Crippen LogP contribution in [0.4, 0.5) is 0 Å². The maximum Gasteiger partial charge on any atom is 0.214 e. The van der Waals surface area contributed by atoms with Crippen molar-refractivity contribution in [1.29, 1.82) is 0 Å². The van der Waals surface area contributed by atoms with Gasteiger partial charge in [-0.25, -0.2) is 8.42 Å². The lowest BCUT2D eigenvalue weighted by molar-refractivity contribution is 0.208. The van der Waals surface area contributed by atoms with Gasteiger partial charge >= 0.3 is 0 Å². The molecule has 2 N–H and O–H groups in total. The van der Waals surface area contributed by atoms with Crippen LogP contribution in [0.2, 0.25) is 0 Å². The minimum absolute atomic E-state index is 0.120. The summed E-state index contributed by atoms with van der Waals surface area (Å²) in [6, 6.07) is 9.68. The first-order valence-electron chi connectivity index (χ1n) is 7.12. The van der Waals surface area contributed by atoms with Crippen LogP contribution in [-0.2, 0) is 16.4 Å².